The van der Waals surface area contributed by atoms with Crippen molar-refractivity contribution in [1.29, 1.82) is 5.26 Å². The number of amides is 1. The second-order valence-electron chi connectivity index (χ2n) is 7.75. The summed E-state index contributed by atoms with van der Waals surface area (Å²) in [4.78, 5) is 11.7. The highest BCUT2D eigenvalue weighted by atomic mass is 16.2. The van der Waals surface area contributed by atoms with Crippen molar-refractivity contribution in [2.45, 2.75) is 24.8 Å². The molecule has 3 aromatic rings. The van der Waals surface area contributed by atoms with Gasteiger partial charge in [-0.3, -0.25) is 10.1 Å². The van der Waals surface area contributed by atoms with Gasteiger partial charge >= 0.3 is 0 Å². The Labute approximate surface area is 195 Å². The van der Waals surface area contributed by atoms with Crippen LogP contribution in [-0.2, 0) is 10.3 Å². The zero-order chi connectivity index (χ0) is 23.4. The van der Waals surface area contributed by atoms with Crippen LogP contribution in [0, 0.1) is 11.3 Å². The monoisotopic (exact) mass is 439 g/mol. The number of nitrogens with one attached hydrogen (secondary N) is 2. The van der Waals surface area contributed by atoms with Gasteiger partial charge in [0.05, 0.1) is 5.54 Å². The molecule has 0 fully saturated rings. The average molecular weight is 440 g/mol. The van der Waals surface area contributed by atoms with E-state index in [1.54, 1.807) is 6.07 Å². The molecule has 33 heavy (non-hydrogen) atoms. The van der Waals surface area contributed by atoms with Crippen molar-refractivity contribution in [3.63, 3.8) is 0 Å². The number of nitrogens with zero attached hydrogens (tertiary/aromatic N) is 1. The van der Waals surface area contributed by atoms with Crippen LogP contribution in [-0.4, -0.2) is 24.1 Å². The summed E-state index contributed by atoms with van der Waals surface area (Å²) >= 11 is 0. The fraction of sp³-hybridized carbons (Fsp3) is 0.214. The molecule has 0 unspecified atom stereocenters. The van der Waals surface area contributed by atoms with E-state index < -0.39 is 11.4 Å². The molecule has 3 rings (SSSR count). The first-order valence-corrected chi connectivity index (χ1v) is 11.2. The van der Waals surface area contributed by atoms with Gasteiger partial charge in [-0.2, -0.15) is 5.26 Å². The molecule has 0 saturated carbocycles. The highest BCUT2D eigenvalue weighted by Crippen LogP contribution is 2.36. The first kappa shape index (κ1) is 23.8. The minimum atomic E-state index is -0.547. The predicted octanol–water partition coefficient (Wildman–Crippen LogP) is 4.82. The maximum atomic E-state index is 11.7. The van der Waals surface area contributed by atoms with Gasteiger partial charge in [-0.25, -0.2) is 0 Å². The Kier molecular flexibility index (Phi) is 8.81. The van der Waals surface area contributed by atoms with E-state index in [9.17, 15) is 4.79 Å². The number of benzene rings is 3. The van der Waals surface area contributed by atoms with Crippen LogP contribution in [0.15, 0.2) is 103 Å². The molecule has 0 aromatic heterocycles. The molecule has 0 atom stereocenters. The minimum absolute atomic E-state index is 0.282. The lowest BCUT2D eigenvalue weighted by atomic mass is 9.77. The number of rotatable bonds is 11. The van der Waals surface area contributed by atoms with Gasteiger partial charge in [-0.05, 0) is 36.1 Å². The molecule has 0 saturated heterocycles. The minimum Gasteiger partial charge on any atom is -0.514 e. The molecule has 0 aliphatic carbocycles. The van der Waals surface area contributed by atoms with Crippen molar-refractivity contribution in [3.05, 3.63) is 120 Å². The molecule has 0 radical (unpaired) electrons. The fourth-order valence-electron chi connectivity index (χ4n) is 4.01. The van der Waals surface area contributed by atoms with E-state index in [-0.39, 0.29) is 5.57 Å². The standard InChI is InChI=1S/C28H29N3O2/c29-21-23(22-32)27(33)30-19-11-4-12-20-31-28(24-13-5-1-6-14-24,25-15-7-2-8-16-25)26-17-9-3-10-18-26/h1-3,5-10,13-18,22,31-32H,4,11-12,19-20H2,(H,30,33). The van der Waals surface area contributed by atoms with Crippen LogP contribution in [0.1, 0.15) is 36.0 Å². The highest BCUT2D eigenvalue weighted by Gasteiger charge is 2.35. The number of aliphatic hydroxyl groups excluding tert-OH is 1. The first-order chi connectivity index (χ1) is 16.2. The zero-order valence-corrected chi connectivity index (χ0v) is 18.6. The summed E-state index contributed by atoms with van der Waals surface area (Å²) in [7, 11) is 0. The van der Waals surface area contributed by atoms with E-state index in [0.29, 0.717) is 12.8 Å². The van der Waals surface area contributed by atoms with E-state index in [4.69, 9.17) is 10.4 Å². The van der Waals surface area contributed by atoms with Gasteiger partial charge in [0.1, 0.15) is 12.3 Å². The van der Waals surface area contributed by atoms with Crippen molar-refractivity contribution in [2.75, 3.05) is 13.1 Å². The van der Waals surface area contributed by atoms with Gasteiger partial charge in [0.2, 0.25) is 0 Å². The van der Waals surface area contributed by atoms with Crippen LogP contribution in [0.25, 0.3) is 0 Å². The van der Waals surface area contributed by atoms with Crippen molar-refractivity contribution in [1.82, 2.24) is 10.6 Å². The van der Waals surface area contributed by atoms with Crippen LogP contribution in [0.3, 0.4) is 0 Å². The Balaban J connectivity index is 1.71. The molecule has 0 spiro atoms. The maximum absolute atomic E-state index is 11.7. The Hall–Kier alpha value is -3.88. The summed E-state index contributed by atoms with van der Waals surface area (Å²) in [6, 6.07) is 33.1. The Morgan fingerprint density at radius 2 is 1.24 bits per heavy atom. The molecule has 0 aliphatic heterocycles. The summed E-state index contributed by atoms with van der Waals surface area (Å²) in [6.45, 7) is 1.24. The predicted molar refractivity (Wildman–Crippen MR) is 130 cm³/mol. The topological polar surface area (TPSA) is 85.1 Å². The lowest BCUT2D eigenvalue weighted by Gasteiger charge is -2.37. The third kappa shape index (κ3) is 5.88. The number of aliphatic hydroxyl groups is 1. The fourth-order valence-corrected chi connectivity index (χ4v) is 4.01. The first-order valence-electron chi connectivity index (χ1n) is 11.2. The van der Waals surface area contributed by atoms with Gasteiger partial charge in [0.15, 0.2) is 5.57 Å². The van der Waals surface area contributed by atoms with E-state index in [2.05, 4.69) is 83.4 Å². The van der Waals surface area contributed by atoms with Crippen LogP contribution >= 0.6 is 0 Å². The summed E-state index contributed by atoms with van der Waals surface area (Å²) in [5.74, 6) is -0.547. The SMILES string of the molecule is N#CC(=CO)C(=O)NCCCCCNC(c1ccccc1)(c1ccccc1)c1ccccc1. The van der Waals surface area contributed by atoms with Gasteiger partial charge in [0.25, 0.3) is 5.91 Å². The molecule has 168 valence electrons. The summed E-state index contributed by atoms with van der Waals surface area (Å²) < 4.78 is 0. The summed E-state index contributed by atoms with van der Waals surface area (Å²) in [6.07, 6.45) is 3.15. The molecule has 3 aromatic carbocycles. The van der Waals surface area contributed by atoms with Gasteiger partial charge in [0, 0.05) is 6.54 Å². The third-order valence-electron chi connectivity index (χ3n) is 5.64. The number of nitriles is 1. The Bertz CT molecular complexity index is 978. The second kappa shape index (κ2) is 12.2. The van der Waals surface area contributed by atoms with Gasteiger partial charge < -0.3 is 10.4 Å². The number of hydrogen-bond acceptors (Lipinski definition) is 4. The van der Waals surface area contributed by atoms with E-state index in [1.807, 2.05) is 18.2 Å². The van der Waals surface area contributed by atoms with Crippen LogP contribution in [0.2, 0.25) is 0 Å². The quantitative estimate of drug-likeness (QED) is 0.131. The molecule has 3 N–H and O–H groups in total. The van der Waals surface area contributed by atoms with Gasteiger partial charge in [-0.1, -0.05) is 97.4 Å². The normalized spacial score (nSPS) is 11.5. The number of carbonyl (C=O) groups is 1. The van der Waals surface area contributed by atoms with Crippen LogP contribution in [0.4, 0.5) is 0 Å². The summed E-state index contributed by atoms with van der Waals surface area (Å²) in [5.41, 5.74) is 2.76. The molecule has 0 heterocycles. The third-order valence-corrected chi connectivity index (χ3v) is 5.64. The average Bonchev–Trinajstić information content (AvgIpc) is 2.88. The molecule has 5 nitrogen and oxygen atoms in total. The number of hydrogen-bond donors (Lipinski definition) is 3. The number of unbranched alkanes of at least 4 members (excludes halogenated alkanes) is 2. The molecular formula is C28H29N3O2. The molecule has 1 amide bonds. The molecular weight excluding hydrogens is 410 g/mol. The van der Waals surface area contributed by atoms with E-state index in [0.717, 1.165) is 25.8 Å². The lowest BCUT2D eigenvalue weighted by Crippen LogP contribution is -2.45. The zero-order valence-electron chi connectivity index (χ0n) is 18.6. The Morgan fingerprint density at radius 1 is 0.788 bits per heavy atom. The van der Waals surface area contributed by atoms with Crippen molar-refractivity contribution in [2.24, 2.45) is 0 Å². The van der Waals surface area contributed by atoms with Crippen LogP contribution < -0.4 is 10.6 Å². The maximum Gasteiger partial charge on any atom is 0.265 e. The Morgan fingerprint density at radius 3 is 1.67 bits per heavy atom. The van der Waals surface area contributed by atoms with Crippen molar-refractivity contribution < 1.29 is 9.90 Å². The van der Waals surface area contributed by atoms with Crippen LogP contribution in [0.5, 0.6) is 0 Å². The lowest BCUT2D eigenvalue weighted by molar-refractivity contribution is -0.117. The van der Waals surface area contributed by atoms with Crippen molar-refractivity contribution in [3.8, 4) is 6.07 Å². The summed E-state index contributed by atoms with van der Waals surface area (Å²) in [5, 5.41) is 24.2. The smallest absolute Gasteiger partial charge is 0.265 e. The molecule has 5 heteroatoms. The highest BCUT2D eigenvalue weighted by molar-refractivity contribution is 5.96. The molecule has 0 aliphatic rings. The van der Waals surface area contributed by atoms with E-state index >= 15 is 0 Å². The van der Waals surface area contributed by atoms with Gasteiger partial charge in [-0.15, -0.1) is 0 Å². The van der Waals surface area contributed by atoms with E-state index in [1.165, 1.54) is 16.7 Å². The number of carbonyl (C=O) groups excluding carboxylic acids is 1. The largest absolute Gasteiger partial charge is 0.514 e. The molecule has 0 bridgehead atoms. The second-order valence-corrected chi connectivity index (χ2v) is 7.75. The van der Waals surface area contributed by atoms with Crippen molar-refractivity contribution >= 4 is 5.91 Å².